The van der Waals surface area contributed by atoms with Gasteiger partial charge in [-0.15, -0.1) is 0 Å². The summed E-state index contributed by atoms with van der Waals surface area (Å²) in [5.41, 5.74) is 9.54. The van der Waals surface area contributed by atoms with Gasteiger partial charge in [0.1, 0.15) is 0 Å². The second-order valence-electron chi connectivity index (χ2n) is 5.82. The average Bonchev–Trinajstić information content (AvgIpc) is 3.00. The summed E-state index contributed by atoms with van der Waals surface area (Å²) in [5.74, 6) is -0.931. The molecule has 6 nitrogen and oxygen atoms in total. The highest BCUT2D eigenvalue weighted by Crippen LogP contribution is 2.25. The van der Waals surface area contributed by atoms with Gasteiger partial charge in [-0.1, -0.05) is 36.5 Å². The number of carbonyl (C=O) groups is 2. The maximum absolute atomic E-state index is 12.2. The Bertz CT molecular complexity index is 981. The van der Waals surface area contributed by atoms with Crippen molar-refractivity contribution < 1.29 is 14.3 Å². The standard InChI is InChI=1S/C19H19N3O3S/c1-3-12-6-4-5-11(2)17(12)22-16(23)10-25-18(24)13-7-8-14-15(9-13)26-19(20)21-14/h4-9H,3,10H2,1-2H3,(H2,20,21)(H,22,23). The van der Waals surface area contributed by atoms with Crippen LogP contribution in [0.1, 0.15) is 28.4 Å². The van der Waals surface area contributed by atoms with Crippen molar-refractivity contribution in [3.05, 3.63) is 53.1 Å². The average molecular weight is 369 g/mol. The highest BCUT2D eigenvalue weighted by molar-refractivity contribution is 7.22. The second kappa shape index (κ2) is 7.53. The number of para-hydroxylation sites is 1. The molecule has 0 unspecified atom stereocenters. The van der Waals surface area contributed by atoms with Gasteiger partial charge in [0.25, 0.3) is 5.91 Å². The Hall–Kier alpha value is -2.93. The normalized spacial score (nSPS) is 10.7. The number of nitrogen functional groups attached to an aromatic ring is 1. The highest BCUT2D eigenvalue weighted by Gasteiger charge is 2.14. The molecule has 7 heteroatoms. The van der Waals surface area contributed by atoms with Gasteiger partial charge in [-0.05, 0) is 42.7 Å². The molecule has 1 amide bonds. The van der Waals surface area contributed by atoms with Gasteiger partial charge in [-0.2, -0.15) is 0 Å². The molecule has 1 aromatic heterocycles. The predicted octanol–water partition coefficient (Wildman–Crippen LogP) is 3.54. The van der Waals surface area contributed by atoms with Crippen molar-refractivity contribution in [3.63, 3.8) is 0 Å². The fourth-order valence-corrected chi connectivity index (χ4v) is 3.43. The largest absolute Gasteiger partial charge is 0.452 e. The summed E-state index contributed by atoms with van der Waals surface area (Å²) < 4.78 is 5.93. The van der Waals surface area contributed by atoms with Crippen LogP contribution in [0.2, 0.25) is 0 Å². The first-order valence-electron chi connectivity index (χ1n) is 8.19. The minimum atomic E-state index is -0.561. The number of fused-ring (bicyclic) bond motifs is 1. The Kier molecular flexibility index (Phi) is 5.18. The Morgan fingerprint density at radius 1 is 1.27 bits per heavy atom. The van der Waals surface area contributed by atoms with E-state index in [1.165, 1.54) is 11.3 Å². The number of nitrogens with zero attached hydrogens (tertiary/aromatic N) is 1. The number of esters is 1. The number of rotatable bonds is 5. The van der Waals surface area contributed by atoms with Gasteiger partial charge < -0.3 is 15.8 Å². The number of aryl methyl sites for hydroxylation is 2. The topological polar surface area (TPSA) is 94.3 Å². The Labute approximate surface area is 155 Å². The van der Waals surface area contributed by atoms with Crippen LogP contribution in [-0.4, -0.2) is 23.5 Å². The Balaban J connectivity index is 1.64. The number of nitrogens with one attached hydrogen (secondary N) is 1. The number of hydrogen-bond donors (Lipinski definition) is 2. The van der Waals surface area contributed by atoms with Gasteiger partial charge in [0.15, 0.2) is 11.7 Å². The van der Waals surface area contributed by atoms with Gasteiger partial charge in [0.05, 0.1) is 15.8 Å². The van der Waals surface area contributed by atoms with E-state index in [9.17, 15) is 9.59 Å². The van der Waals surface area contributed by atoms with E-state index in [2.05, 4.69) is 10.3 Å². The lowest BCUT2D eigenvalue weighted by atomic mass is 10.1. The molecule has 3 aromatic rings. The number of anilines is 2. The molecule has 0 saturated carbocycles. The molecular formula is C19H19N3O3S. The molecule has 0 saturated heterocycles. The molecule has 0 atom stereocenters. The number of carbonyl (C=O) groups excluding carboxylic acids is 2. The number of nitrogens with two attached hydrogens (primary N) is 1. The minimum Gasteiger partial charge on any atom is -0.452 e. The van der Waals surface area contributed by atoms with Crippen LogP contribution in [0.5, 0.6) is 0 Å². The van der Waals surface area contributed by atoms with Gasteiger partial charge in [0.2, 0.25) is 0 Å². The lowest BCUT2D eigenvalue weighted by molar-refractivity contribution is -0.119. The highest BCUT2D eigenvalue weighted by atomic mass is 32.1. The molecule has 0 aliphatic heterocycles. The van der Waals surface area contributed by atoms with Crippen molar-refractivity contribution in [2.45, 2.75) is 20.3 Å². The van der Waals surface area contributed by atoms with Crippen LogP contribution in [0.3, 0.4) is 0 Å². The molecule has 3 rings (SSSR count). The molecule has 1 heterocycles. The third kappa shape index (κ3) is 3.83. The lowest BCUT2D eigenvalue weighted by Crippen LogP contribution is -2.22. The summed E-state index contributed by atoms with van der Waals surface area (Å²) in [7, 11) is 0. The van der Waals surface area contributed by atoms with Crippen LogP contribution in [0.25, 0.3) is 10.2 Å². The Morgan fingerprint density at radius 2 is 2.08 bits per heavy atom. The maximum Gasteiger partial charge on any atom is 0.338 e. The van der Waals surface area contributed by atoms with E-state index >= 15 is 0 Å². The third-order valence-electron chi connectivity index (χ3n) is 3.98. The van der Waals surface area contributed by atoms with Crippen LogP contribution in [-0.2, 0) is 16.0 Å². The quantitative estimate of drug-likeness (QED) is 0.671. The third-order valence-corrected chi connectivity index (χ3v) is 4.83. The molecule has 2 aromatic carbocycles. The fraction of sp³-hybridized carbons (Fsp3) is 0.211. The summed E-state index contributed by atoms with van der Waals surface area (Å²) in [6.45, 7) is 3.60. The van der Waals surface area contributed by atoms with Crippen LogP contribution in [0.15, 0.2) is 36.4 Å². The molecule has 26 heavy (non-hydrogen) atoms. The van der Waals surface area contributed by atoms with Gasteiger partial charge in [0, 0.05) is 5.69 Å². The van der Waals surface area contributed by atoms with Gasteiger partial charge >= 0.3 is 5.97 Å². The van der Waals surface area contributed by atoms with Crippen molar-refractivity contribution >= 4 is 44.2 Å². The van der Waals surface area contributed by atoms with Crippen molar-refractivity contribution in [2.24, 2.45) is 0 Å². The van der Waals surface area contributed by atoms with E-state index in [1.54, 1.807) is 18.2 Å². The zero-order chi connectivity index (χ0) is 18.7. The predicted molar refractivity (Wildman–Crippen MR) is 104 cm³/mol. The maximum atomic E-state index is 12.2. The molecule has 3 N–H and O–H groups in total. The fourth-order valence-electron chi connectivity index (χ4n) is 2.66. The van der Waals surface area contributed by atoms with Crippen molar-refractivity contribution in [1.82, 2.24) is 4.98 Å². The minimum absolute atomic E-state index is 0.348. The molecule has 0 spiro atoms. The summed E-state index contributed by atoms with van der Waals surface area (Å²) >= 11 is 1.30. The van der Waals surface area contributed by atoms with E-state index in [-0.39, 0.29) is 12.5 Å². The zero-order valence-electron chi connectivity index (χ0n) is 14.5. The van der Waals surface area contributed by atoms with Crippen LogP contribution in [0.4, 0.5) is 10.8 Å². The molecule has 134 valence electrons. The smallest absolute Gasteiger partial charge is 0.338 e. The SMILES string of the molecule is CCc1cccc(C)c1NC(=O)COC(=O)c1ccc2nc(N)sc2c1. The van der Waals surface area contributed by atoms with Gasteiger partial charge in [-0.3, -0.25) is 4.79 Å². The first-order chi connectivity index (χ1) is 12.5. The number of aromatic nitrogens is 1. The van der Waals surface area contributed by atoms with E-state index in [0.29, 0.717) is 10.7 Å². The monoisotopic (exact) mass is 369 g/mol. The summed E-state index contributed by atoms with van der Waals surface area (Å²) in [4.78, 5) is 28.5. The molecule has 0 fully saturated rings. The first-order valence-corrected chi connectivity index (χ1v) is 9.01. The molecular weight excluding hydrogens is 350 g/mol. The number of hydrogen-bond acceptors (Lipinski definition) is 6. The molecule has 0 aliphatic rings. The zero-order valence-corrected chi connectivity index (χ0v) is 15.4. The van der Waals surface area contributed by atoms with E-state index in [1.807, 2.05) is 32.0 Å². The van der Waals surface area contributed by atoms with Crippen molar-refractivity contribution in [2.75, 3.05) is 17.7 Å². The molecule has 0 aliphatic carbocycles. The Morgan fingerprint density at radius 3 is 2.85 bits per heavy atom. The number of thiazole rings is 1. The van der Waals surface area contributed by atoms with Crippen molar-refractivity contribution in [3.8, 4) is 0 Å². The summed E-state index contributed by atoms with van der Waals surface area (Å²) in [6, 6.07) is 10.8. The number of amides is 1. The van der Waals surface area contributed by atoms with Crippen LogP contribution >= 0.6 is 11.3 Å². The van der Waals surface area contributed by atoms with E-state index in [4.69, 9.17) is 10.5 Å². The molecule has 0 radical (unpaired) electrons. The van der Waals surface area contributed by atoms with E-state index < -0.39 is 5.97 Å². The lowest BCUT2D eigenvalue weighted by Gasteiger charge is -2.13. The second-order valence-corrected chi connectivity index (χ2v) is 6.88. The van der Waals surface area contributed by atoms with E-state index in [0.717, 1.165) is 33.5 Å². The van der Waals surface area contributed by atoms with Crippen molar-refractivity contribution in [1.29, 1.82) is 0 Å². The first kappa shape index (κ1) is 17.9. The molecule has 0 bridgehead atoms. The number of ether oxygens (including phenoxy) is 1. The van der Waals surface area contributed by atoms with Gasteiger partial charge in [-0.25, -0.2) is 9.78 Å². The van der Waals surface area contributed by atoms with Crippen LogP contribution in [0, 0.1) is 6.92 Å². The number of benzene rings is 2. The van der Waals surface area contributed by atoms with Crippen LogP contribution < -0.4 is 11.1 Å². The summed E-state index contributed by atoms with van der Waals surface area (Å²) in [5, 5.41) is 3.27. The summed E-state index contributed by atoms with van der Waals surface area (Å²) in [6.07, 6.45) is 0.801.